The van der Waals surface area contributed by atoms with E-state index in [2.05, 4.69) is 50.3 Å². The Morgan fingerprint density at radius 2 is 2.05 bits per heavy atom. The molecule has 0 saturated heterocycles. The first kappa shape index (κ1) is 13.8. The molecule has 0 aliphatic rings. The van der Waals surface area contributed by atoms with Crippen LogP contribution in [0.4, 0.5) is 0 Å². The fourth-order valence-corrected chi connectivity index (χ4v) is 2.36. The summed E-state index contributed by atoms with van der Waals surface area (Å²) in [6, 6.07) is 6.66. The zero-order chi connectivity index (χ0) is 14.0. The summed E-state index contributed by atoms with van der Waals surface area (Å²) in [6.07, 6.45) is 2.94. The van der Waals surface area contributed by atoms with E-state index in [4.69, 9.17) is 5.73 Å². The maximum atomic E-state index is 5.70. The predicted octanol–water partition coefficient (Wildman–Crippen LogP) is 3.02. The maximum absolute atomic E-state index is 5.70. The van der Waals surface area contributed by atoms with E-state index >= 15 is 0 Å². The molecule has 102 valence electrons. The second kappa shape index (κ2) is 5.57. The van der Waals surface area contributed by atoms with E-state index in [1.807, 2.05) is 11.7 Å². The van der Waals surface area contributed by atoms with Gasteiger partial charge in [-0.15, -0.1) is 0 Å². The van der Waals surface area contributed by atoms with Crippen molar-refractivity contribution in [3.63, 3.8) is 0 Å². The lowest BCUT2D eigenvalue weighted by atomic mass is 9.94. The number of nitrogens with two attached hydrogens (primary N) is 1. The predicted molar refractivity (Wildman–Crippen MR) is 80.2 cm³/mol. The Kier molecular flexibility index (Phi) is 4.05. The van der Waals surface area contributed by atoms with Crippen molar-refractivity contribution in [2.24, 2.45) is 12.8 Å². The van der Waals surface area contributed by atoms with E-state index < -0.39 is 0 Å². The average Bonchev–Trinajstić information content (AvgIpc) is 2.71. The third-order valence-electron chi connectivity index (χ3n) is 3.50. The van der Waals surface area contributed by atoms with Crippen molar-refractivity contribution < 1.29 is 0 Å². The molecule has 2 N–H and O–H groups in total. The fourth-order valence-electron chi connectivity index (χ4n) is 2.36. The van der Waals surface area contributed by atoms with E-state index in [1.54, 1.807) is 0 Å². The van der Waals surface area contributed by atoms with Crippen molar-refractivity contribution in [2.45, 2.75) is 33.1 Å². The summed E-state index contributed by atoms with van der Waals surface area (Å²) in [4.78, 5) is 0. The molecule has 0 spiro atoms. The van der Waals surface area contributed by atoms with Crippen LogP contribution in [-0.2, 0) is 13.5 Å². The molecular formula is C16H23N3. The summed E-state index contributed by atoms with van der Waals surface area (Å²) in [5.74, 6) is 0.529. The molecule has 1 aromatic carbocycles. The Balaban J connectivity index is 2.54. The number of hydrogen-bond acceptors (Lipinski definition) is 2. The quantitative estimate of drug-likeness (QED) is 0.915. The van der Waals surface area contributed by atoms with Gasteiger partial charge in [-0.1, -0.05) is 26.0 Å². The molecule has 0 amide bonds. The number of aryl methyl sites for hydroxylation is 2. The van der Waals surface area contributed by atoms with Crippen molar-refractivity contribution in [2.75, 3.05) is 6.54 Å². The SMILES string of the molecule is Cc1ccc(C(C)C)cc1-c1nn(C)cc1CCN. The molecule has 2 aromatic rings. The second-order valence-electron chi connectivity index (χ2n) is 5.44. The summed E-state index contributed by atoms with van der Waals surface area (Å²) in [5, 5.41) is 4.62. The van der Waals surface area contributed by atoms with Crippen LogP contribution in [-0.4, -0.2) is 16.3 Å². The van der Waals surface area contributed by atoms with Crippen LogP contribution in [0.2, 0.25) is 0 Å². The third kappa shape index (κ3) is 2.87. The zero-order valence-electron chi connectivity index (χ0n) is 12.3. The van der Waals surface area contributed by atoms with Gasteiger partial charge in [-0.05, 0) is 48.6 Å². The summed E-state index contributed by atoms with van der Waals surface area (Å²) < 4.78 is 1.88. The molecule has 0 bridgehead atoms. The molecule has 1 aromatic heterocycles. The van der Waals surface area contributed by atoms with Gasteiger partial charge >= 0.3 is 0 Å². The number of rotatable bonds is 4. The van der Waals surface area contributed by atoms with Gasteiger partial charge < -0.3 is 5.73 Å². The lowest BCUT2D eigenvalue weighted by molar-refractivity contribution is 0.769. The molecule has 0 saturated carbocycles. The highest BCUT2D eigenvalue weighted by Crippen LogP contribution is 2.29. The highest BCUT2D eigenvalue weighted by atomic mass is 15.2. The van der Waals surface area contributed by atoms with Crippen LogP contribution < -0.4 is 5.73 Å². The number of hydrogen-bond donors (Lipinski definition) is 1. The Labute approximate surface area is 115 Å². The normalized spacial score (nSPS) is 11.3. The Bertz CT molecular complexity index is 567. The molecule has 19 heavy (non-hydrogen) atoms. The van der Waals surface area contributed by atoms with Gasteiger partial charge in [-0.3, -0.25) is 4.68 Å². The van der Waals surface area contributed by atoms with E-state index in [1.165, 1.54) is 22.3 Å². The van der Waals surface area contributed by atoms with Gasteiger partial charge in [0.05, 0.1) is 5.69 Å². The number of nitrogens with zero attached hydrogens (tertiary/aromatic N) is 2. The van der Waals surface area contributed by atoms with E-state index in [0.717, 1.165) is 12.1 Å². The minimum absolute atomic E-state index is 0.529. The van der Waals surface area contributed by atoms with Crippen molar-refractivity contribution in [1.29, 1.82) is 0 Å². The van der Waals surface area contributed by atoms with Crippen molar-refractivity contribution in [1.82, 2.24) is 9.78 Å². The van der Waals surface area contributed by atoms with Gasteiger partial charge in [0.25, 0.3) is 0 Å². The summed E-state index contributed by atoms with van der Waals surface area (Å²) in [7, 11) is 1.96. The first-order chi connectivity index (χ1) is 9.02. The lowest BCUT2D eigenvalue weighted by Gasteiger charge is -2.11. The topological polar surface area (TPSA) is 43.8 Å². The summed E-state index contributed by atoms with van der Waals surface area (Å²) >= 11 is 0. The first-order valence-electron chi connectivity index (χ1n) is 6.86. The van der Waals surface area contributed by atoms with Crippen LogP contribution in [0.1, 0.15) is 36.5 Å². The molecule has 0 unspecified atom stereocenters. The second-order valence-corrected chi connectivity index (χ2v) is 5.44. The van der Waals surface area contributed by atoms with Gasteiger partial charge in [-0.2, -0.15) is 5.10 Å². The Hall–Kier alpha value is -1.61. The van der Waals surface area contributed by atoms with Gasteiger partial charge in [0.1, 0.15) is 0 Å². The number of benzene rings is 1. The zero-order valence-corrected chi connectivity index (χ0v) is 12.3. The highest BCUT2D eigenvalue weighted by Gasteiger charge is 2.13. The molecular weight excluding hydrogens is 234 g/mol. The molecule has 2 rings (SSSR count). The van der Waals surface area contributed by atoms with Crippen LogP contribution in [0.5, 0.6) is 0 Å². The van der Waals surface area contributed by atoms with Gasteiger partial charge in [0, 0.05) is 18.8 Å². The molecule has 0 aliphatic heterocycles. The average molecular weight is 257 g/mol. The van der Waals surface area contributed by atoms with Gasteiger partial charge in [0.15, 0.2) is 0 Å². The molecule has 3 nitrogen and oxygen atoms in total. The minimum atomic E-state index is 0.529. The molecule has 0 aliphatic carbocycles. The largest absolute Gasteiger partial charge is 0.330 e. The first-order valence-corrected chi connectivity index (χ1v) is 6.86. The van der Waals surface area contributed by atoms with Crippen LogP contribution in [0.3, 0.4) is 0 Å². The maximum Gasteiger partial charge on any atom is 0.0958 e. The van der Waals surface area contributed by atoms with Crippen molar-refractivity contribution in [3.05, 3.63) is 41.1 Å². The number of aromatic nitrogens is 2. The molecule has 0 atom stereocenters. The van der Waals surface area contributed by atoms with Crippen LogP contribution >= 0.6 is 0 Å². The van der Waals surface area contributed by atoms with E-state index in [9.17, 15) is 0 Å². The van der Waals surface area contributed by atoms with Crippen molar-refractivity contribution in [3.8, 4) is 11.3 Å². The Morgan fingerprint density at radius 3 is 2.68 bits per heavy atom. The van der Waals surface area contributed by atoms with Gasteiger partial charge in [0.2, 0.25) is 0 Å². The molecule has 3 heteroatoms. The van der Waals surface area contributed by atoms with Crippen LogP contribution in [0.15, 0.2) is 24.4 Å². The molecule has 1 heterocycles. The third-order valence-corrected chi connectivity index (χ3v) is 3.50. The van der Waals surface area contributed by atoms with E-state index in [0.29, 0.717) is 12.5 Å². The fraction of sp³-hybridized carbons (Fsp3) is 0.438. The summed E-state index contributed by atoms with van der Waals surface area (Å²) in [5.41, 5.74) is 11.9. The monoisotopic (exact) mass is 257 g/mol. The Morgan fingerprint density at radius 1 is 1.32 bits per heavy atom. The highest BCUT2D eigenvalue weighted by molar-refractivity contribution is 5.67. The van der Waals surface area contributed by atoms with Gasteiger partial charge in [-0.25, -0.2) is 0 Å². The van der Waals surface area contributed by atoms with Crippen molar-refractivity contribution >= 4 is 0 Å². The molecule has 0 fully saturated rings. The standard InChI is InChI=1S/C16H23N3/c1-11(2)13-6-5-12(3)15(9-13)16-14(7-8-17)10-19(4)18-16/h5-6,9-11H,7-8,17H2,1-4H3. The van der Waals surface area contributed by atoms with Crippen LogP contribution in [0, 0.1) is 6.92 Å². The van der Waals surface area contributed by atoms with E-state index in [-0.39, 0.29) is 0 Å². The smallest absolute Gasteiger partial charge is 0.0958 e. The lowest BCUT2D eigenvalue weighted by Crippen LogP contribution is -2.03. The summed E-state index contributed by atoms with van der Waals surface area (Å²) in [6.45, 7) is 7.23. The molecule has 0 radical (unpaired) electrons. The minimum Gasteiger partial charge on any atom is -0.330 e. The van der Waals surface area contributed by atoms with Crippen LogP contribution in [0.25, 0.3) is 11.3 Å².